The summed E-state index contributed by atoms with van der Waals surface area (Å²) in [5.74, 6) is 1.37. The second-order valence-corrected chi connectivity index (χ2v) is 8.71. The lowest BCUT2D eigenvalue weighted by Gasteiger charge is -2.08. The van der Waals surface area contributed by atoms with Crippen LogP contribution in [-0.4, -0.2) is 32.6 Å². The van der Waals surface area contributed by atoms with Crippen molar-refractivity contribution in [3.63, 3.8) is 0 Å². The van der Waals surface area contributed by atoms with E-state index in [4.69, 9.17) is 9.15 Å². The molecular formula is C24H26BrN5O3. The van der Waals surface area contributed by atoms with E-state index < -0.39 is 0 Å². The van der Waals surface area contributed by atoms with Gasteiger partial charge in [-0.05, 0) is 73.5 Å². The maximum atomic E-state index is 12.9. The van der Waals surface area contributed by atoms with Crippen LogP contribution in [0, 0.1) is 27.7 Å². The Kier molecular flexibility index (Phi) is 6.42. The molecule has 172 valence electrons. The van der Waals surface area contributed by atoms with Crippen molar-refractivity contribution in [3.05, 3.63) is 80.7 Å². The summed E-state index contributed by atoms with van der Waals surface area (Å²) in [7, 11) is 1.65. The van der Waals surface area contributed by atoms with Gasteiger partial charge >= 0.3 is 0 Å². The van der Waals surface area contributed by atoms with E-state index in [9.17, 15) is 4.79 Å². The van der Waals surface area contributed by atoms with Crippen LogP contribution in [0.1, 0.15) is 44.7 Å². The molecule has 0 fully saturated rings. The first kappa shape index (κ1) is 22.8. The number of carbonyl (C=O) groups is 1. The summed E-state index contributed by atoms with van der Waals surface area (Å²) in [6.45, 7) is 8.75. The fraction of sp³-hybridized carbons (Fsp3) is 0.292. The molecule has 0 atom stereocenters. The van der Waals surface area contributed by atoms with Gasteiger partial charge in [0.15, 0.2) is 5.76 Å². The number of anilines is 1. The predicted octanol–water partition coefficient (Wildman–Crippen LogP) is 5.03. The van der Waals surface area contributed by atoms with Crippen molar-refractivity contribution in [1.82, 2.24) is 19.6 Å². The largest absolute Gasteiger partial charge is 0.497 e. The fourth-order valence-corrected chi connectivity index (χ4v) is 4.00. The highest BCUT2D eigenvalue weighted by molar-refractivity contribution is 9.10. The van der Waals surface area contributed by atoms with Gasteiger partial charge in [-0.25, -0.2) is 0 Å². The van der Waals surface area contributed by atoms with Crippen molar-refractivity contribution in [2.24, 2.45) is 0 Å². The number of nitrogens with one attached hydrogen (secondary N) is 1. The summed E-state index contributed by atoms with van der Waals surface area (Å²) in [5.41, 5.74) is 5.26. The summed E-state index contributed by atoms with van der Waals surface area (Å²) < 4.78 is 15.8. The number of furan rings is 1. The van der Waals surface area contributed by atoms with Gasteiger partial charge in [0, 0.05) is 0 Å². The Balaban J connectivity index is 1.48. The molecule has 0 saturated heterocycles. The minimum atomic E-state index is -0.317. The molecule has 8 nitrogen and oxygen atoms in total. The molecule has 3 heterocycles. The molecule has 0 saturated carbocycles. The second-order valence-electron chi connectivity index (χ2n) is 7.92. The molecule has 3 aromatic heterocycles. The van der Waals surface area contributed by atoms with E-state index in [0.717, 1.165) is 38.6 Å². The number of hydrogen-bond donors (Lipinski definition) is 1. The molecule has 0 unspecified atom stereocenters. The lowest BCUT2D eigenvalue weighted by atomic mass is 10.2. The number of aromatic nitrogens is 4. The minimum absolute atomic E-state index is 0.241. The number of ether oxygens (including phenoxy) is 1. The van der Waals surface area contributed by atoms with E-state index in [1.54, 1.807) is 19.2 Å². The van der Waals surface area contributed by atoms with Crippen LogP contribution < -0.4 is 10.1 Å². The van der Waals surface area contributed by atoms with Crippen LogP contribution in [-0.2, 0) is 13.1 Å². The SMILES string of the molecule is COc1cccc(Cn2nc(C)c(NC(=O)c3ccc(Cn4nc(C)c(Br)c4C)o3)c2C)c1. The number of hydrogen-bond acceptors (Lipinski definition) is 5. The Morgan fingerprint density at radius 3 is 2.45 bits per heavy atom. The lowest BCUT2D eigenvalue weighted by Crippen LogP contribution is -2.12. The number of amides is 1. The van der Waals surface area contributed by atoms with Crippen LogP contribution in [0.3, 0.4) is 0 Å². The van der Waals surface area contributed by atoms with Crippen molar-refractivity contribution < 1.29 is 13.9 Å². The standard InChI is InChI=1S/C24H26BrN5O3/c1-14-22(25)16(3)30(27-14)13-20-9-10-21(33-20)24(31)26-23-15(2)28-29(17(23)4)12-18-7-6-8-19(11-18)32-5/h6-11H,12-13H2,1-5H3,(H,26,31). The number of carbonyl (C=O) groups excluding carboxylic acids is 1. The monoisotopic (exact) mass is 511 g/mol. The van der Waals surface area contributed by atoms with Crippen molar-refractivity contribution >= 4 is 27.5 Å². The Bertz CT molecular complexity index is 1320. The van der Waals surface area contributed by atoms with Crippen LogP contribution in [0.25, 0.3) is 0 Å². The van der Waals surface area contributed by atoms with Crippen molar-refractivity contribution in [2.45, 2.75) is 40.8 Å². The molecule has 1 N–H and O–H groups in total. The Labute approximate surface area is 200 Å². The zero-order chi connectivity index (χ0) is 23.7. The average Bonchev–Trinajstić information content (AvgIpc) is 3.44. The molecule has 4 rings (SSSR count). The third kappa shape index (κ3) is 4.73. The first-order chi connectivity index (χ1) is 15.8. The van der Waals surface area contributed by atoms with Crippen LogP contribution in [0.2, 0.25) is 0 Å². The molecule has 0 aliphatic heterocycles. The van der Waals surface area contributed by atoms with Gasteiger partial charge in [-0.2, -0.15) is 10.2 Å². The van der Waals surface area contributed by atoms with Crippen LogP contribution in [0.4, 0.5) is 5.69 Å². The molecule has 9 heteroatoms. The van der Waals surface area contributed by atoms with Gasteiger partial charge in [-0.1, -0.05) is 12.1 Å². The van der Waals surface area contributed by atoms with Crippen molar-refractivity contribution in [3.8, 4) is 5.75 Å². The van der Waals surface area contributed by atoms with Gasteiger partial charge in [0.2, 0.25) is 0 Å². The molecule has 0 radical (unpaired) electrons. The molecule has 0 spiro atoms. The Morgan fingerprint density at radius 2 is 1.76 bits per heavy atom. The third-order valence-corrected chi connectivity index (χ3v) is 6.72. The van der Waals surface area contributed by atoms with Gasteiger partial charge in [-0.15, -0.1) is 0 Å². The number of nitrogens with zero attached hydrogens (tertiary/aromatic N) is 4. The normalized spacial score (nSPS) is 11.1. The lowest BCUT2D eigenvalue weighted by molar-refractivity contribution is 0.0994. The van der Waals surface area contributed by atoms with E-state index in [2.05, 4.69) is 31.4 Å². The summed E-state index contributed by atoms with van der Waals surface area (Å²) in [6.07, 6.45) is 0. The quantitative estimate of drug-likeness (QED) is 0.376. The predicted molar refractivity (Wildman–Crippen MR) is 129 cm³/mol. The first-order valence-corrected chi connectivity index (χ1v) is 11.3. The highest BCUT2D eigenvalue weighted by Gasteiger charge is 2.19. The fourth-order valence-electron chi connectivity index (χ4n) is 3.71. The number of benzene rings is 1. The molecular weight excluding hydrogens is 486 g/mol. The molecule has 1 aromatic carbocycles. The maximum absolute atomic E-state index is 12.9. The van der Waals surface area contributed by atoms with Crippen LogP contribution in [0.5, 0.6) is 5.75 Å². The minimum Gasteiger partial charge on any atom is -0.497 e. The van der Waals surface area contributed by atoms with Gasteiger partial charge < -0.3 is 14.5 Å². The first-order valence-electron chi connectivity index (χ1n) is 10.5. The summed E-state index contributed by atoms with van der Waals surface area (Å²) in [6, 6.07) is 11.3. The van der Waals surface area contributed by atoms with E-state index in [1.807, 2.05) is 61.3 Å². The van der Waals surface area contributed by atoms with Gasteiger partial charge in [0.1, 0.15) is 11.5 Å². The van der Waals surface area contributed by atoms with Gasteiger partial charge in [0.05, 0.1) is 53.1 Å². The van der Waals surface area contributed by atoms with E-state index >= 15 is 0 Å². The van der Waals surface area contributed by atoms with E-state index in [-0.39, 0.29) is 11.7 Å². The van der Waals surface area contributed by atoms with E-state index in [1.165, 1.54) is 0 Å². The molecule has 33 heavy (non-hydrogen) atoms. The van der Waals surface area contributed by atoms with Crippen LogP contribution >= 0.6 is 15.9 Å². The van der Waals surface area contributed by atoms with Gasteiger partial charge in [-0.3, -0.25) is 14.2 Å². The summed E-state index contributed by atoms with van der Waals surface area (Å²) in [4.78, 5) is 12.9. The highest BCUT2D eigenvalue weighted by atomic mass is 79.9. The molecule has 0 aliphatic carbocycles. The van der Waals surface area contributed by atoms with Crippen molar-refractivity contribution in [2.75, 3.05) is 12.4 Å². The molecule has 4 aromatic rings. The highest BCUT2D eigenvalue weighted by Crippen LogP contribution is 2.24. The van der Waals surface area contributed by atoms with Crippen LogP contribution in [0.15, 0.2) is 45.3 Å². The third-order valence-electron chi connectivity index (χ3n) is 5.57. The molecule has 0 bridgehead atoms. The number of methoxy groups -OCH3 is 1. The number of halogens is 1. The number of rotatable bonds is 7. The summed E-state index contributed by atoms with van der Waals surface area (Å²) >= 11 is 3.53. The smallest absolute Gasteiger partial charge is 0.291 e. The number of aryl methyl sites for hydroxylation is 2. The second kappa shape index (κ2) is 9.27. The van der Waals surface area contributed by atoms with Gasteiger partial charge in [0.25, 0.3) is 5.91 Å². The Morgan fingerprint density at radius 1 is 1.03 bits per heavy atom. The van der Waals surface area contributed by atoms with Crippen molar-refractivity contribution in [1.29, 1.82) is 0 Å². The molecule has 1 amide bonds. The topological polar surface area (TPSA) is 87.1 Å². The maximum Gasteiger partial charge on any atom is 0.291 e. The Hall–Kier alpha value is -3.33. The summed E-state index contributed by atoms with van der Waals surface area (Å²) in [5, 5.41) is 12.0. The molecule has 0 aliphatic rings. The van der Waals surface area contributed by atoms with E-state index in [0.29, 0.717) is 24.5 Å². The average molecular weight is 512 g/mol. The zero-order valence-corrected chi connectivity index (χ0v) is 20.9. The zero-order valence-electron chi connectivity index (χ0n) is 19.3.